The van der Waals surface area contributed by atoms with Gasteiger partial charge in [0, 0.05) is 45.7 Å². The second-order valence-electron chi connectivity index (χ2n) is 4.34. The number of ether oxygens (including phenoxy) is 2. The van der Waals surface area contributed by atoms with Crippen molar-refractivity contribution in [2.75, 3.05) is 45.4 Å². The maximum absolute atomic E-state index is 10.6. The first-order chi connectivity index (χ1) is 9.67. The largest absolute Gasteiger partial charge is 0.481 e. The second-order valence-corrected chi connectivity index (χ2v) is 5.18. The molecule has 0 fully saturated rings. The van der Waals surface area contributed by atoms with Crippen LogP contribution in [0, 0.1) is 0 Å². The second kappa shape index (κ2) is 9.68. The normalized spacial score (nSPS) is 10.7. The summed E-state index contributed by atoms with van der Waals surface area (Å²) in [5.74, 6) is -0.795. The van der Waals surface area contributed by atoms with Crippen molar-refractivity contribution in [3.8, 4) is 0 Å². The van der Waals surface area contributed by atoms with Gasteiger partial charge in [0.25, 0.3) is 0 Å². The Morgan fingerprint density at radius 1 is 1.35 bits per heavy atom. The molecule has 1 heterocycles. The Hall–Kier alpha value is -1.18. The topological polar surface area (TPSA) is 71.9 Å². The number of nitrogens with zero attached hydrogens (tertiary/aromatic N) is 2. The Balaban J connectivity index is 2.57. The van der Waals surface area contributed by atoms with Gasteiger partial charge in [-0.25, -0.2) is 4.98 Å². The fourth-order valence-electron chi connectivity index (χ4n) is 1.70. The molecule has 0 aliphatic rings. The first kappa shape index (κ1) is 16.9. The van der Waals surface area contributed by atoms with Crippen LogP contribution < -0.4 is 4.90 Å². The molecular weight excluding hydrogens is 280 g/mol. The molecule has 0 radical (unpaired) electrons. The van der Waals surface area contributed by atoms with E-state index in [0.29, 0.717) is 19.6 Å². The van der Waals surface area contributed by atoms with Gasteiger partial charge in [-0.1, -0.05) is 0 Å². The summed E-state index contributed by atoms with van der Waals surface area (Å²) in [4.78, 5) is 17.2. The molecule has 7 heteroatoms. The number of carboxylic acids is 1. The van der Waals surface area contributed by atoms with Crippen LogP contribution in [-0.4, -0.2) is 56.6 Å². The molecule has 1 rings (SSSR count). The van der Waals surface area contributed by atoms with E-state index in [1.54, 1.807) is 25.6 Å². The van der Waals surface area contributed by atoms with Gasteiger partial charge in [0.1, 0.15) is 0 Å². The average Bonchev–Trinajstić information content (AvgIpc) is 2.89. The Morgan fingerprint density at radius 2 is 2.10 bits per heavy atom. The van der Waals surface area contributed by atoms with E-state index >= 15 is 0 Å². The fourth-order valence-corrected chi connectivity index (χ4v) is 2.61. The van der Waals surface area contributed by atoms with Crippen molar-refractivity contribution in [2.24, 2.45) is 0 Å². The van der Waals surface area contributed by atoms with Gasteiger partial charge in [0.05, 0.1) is 18.7 Å². The number of rotatable bonds is 11. The van der Waals surface area contributed by atoms with E-state index in [2.05, 4.69) is 9.88 Å². The Morgan fingerprint density at radius 3 is 2.75 bits per heavy atom. The molecule has 0 unspecified atom stereocenters. The van der Waals surface area contributed by atoms with Crippen LogP contribution in [0.5, 0.6) is 0 Å². The summed E-state index contributed by atoms with van der Waals surface area (Å²) in [6.45, 7) is 2.97. The molecule has 0 bridgehead atoms. The van der Waals surface area contributed by atoms with Crippen LogP contribution in [0.25, 0.3) is 0 Å². The molecule has 20 heavy (non-hydrogen) atoms. The average molecular weight is 302 g/mol. The molecule has 0 amide bonds. The zero-order chi connectivity index (χ0) is 14.8. The van der Waals surface area contributed by atoms with Crippen LogP contribution in [0.4, 0.5) is 5.13 Å². The molecule has 0 atom stereocenters. The third kappa shape index (κ3) is 6.31. The van der Waals surface area contributed by atoms with E-state index in [9.17, 15) is 4.79 Å². The lowest BCUT2D eigenvalue weighted by atomic mass is 10.2. The lowest BCUT2D eigenvalue weighted by Crippen LogP contribution is -2.29. The predicted molar refractivity (Wildman–Crippen MR) is 78.7 cm³/mol. The van der Waals surface area contributed by atoms with E-state index in [0.717, 1.165) is 30.3 Å². The number of carboxylic acid groups (broad SMARTS) is 1. The molecule has 6 nitrogen and oxygen atoms in total. The Labute approximate surface area is 123 Å². The first-order valence-corrected chi connectivity index (χ1v) is 7.44. The number of thiazole rings is 1. The van der Waals surface area contributed by atoms with E-state index in [1.807, 2.05) is 5.38 Å². The number of hydrogen-bond donors (Lipinski definition) is 1. The Bertz CT molecular complexity index is 397. The standard InChI is InChI=1S/C13H22N2O4S/c1-18-8-3-6-15(7-9-19-2)13-14-11(10-20-13)4-5-12(16)17/h10H,3-9H2,1-2H3,(H,16,17). The maximum Gasteiger partial charge on any atom is 0.303 e. The van der Waals surface area contributed by atoms with Gasteiger partial charge >= 0.3 is 5.97 Å². The van der Waals surface area contributed by atoms with Crippen molar-refractivity contribution in [1.29, 1.82) is 0 Å². The fraction of sp³-hybridized carbons (Fsp3) is 0.692. The minimum absolute atomic E-state index is 0.116. The van der Waals surface area contributed by atoms with E-state index in [-0.39, 0.29) is 6.42 Å². The minimum Gasteiger partial charge on any atom is -0.481 e. The third-order valence-corrected chi connectivity index (χ3v) is 3.70. The number of methoxy groups -OCH3 is 2. The van der Waals surface area contributed by atoms with Gasteiger partial charge < -0.3 is 19.5 Å². The van der Waals surface area contributed by atoms with Gasteiger partial charge in [-0.2, -0.15) is 0 Å². The maximum atomic E-state index is 10.6. The highest BCUT2D eigenvalue weighted by Gasteiger charge is 2.11. The smallest absolute Gasteiger partial charge is 0.303 e. The monoisotopic (exact) mass is 302 g/mol. The lowest BCUT2D eigenvalue weighted by molar-refractivity contribution is -0.136. The quantitative estimate of drug-likeness (QED) is 0.627. The third-order valence-electron chi connectivity index (χ3n) is 2.75. The molecule has 1 aromatic rings. The number of anilines is 1. The van der Waals surface area contributed by atoms with Crippen molar-refractivity contribution in [3.63, 3.8) is 0 Å². The SMILES string of the molecule is COCCCN(CCOC)c1nc(CCC(=O)O)cs1. The number of aromatic nitrogens is 1. The number of aryl methyl sites for hydroxylation is 1. The zero-order valence-electron chi connectivity index (χ0n) is 12.0. The van der Waals surface area contributed by atoms with Gasteiger partial charge in [0.15, 0.2) is 5.13 Å². The molecule has 1 aromatic heterocycles. The summed E-state index contributed by atoms with van der Waals surface area (Å²) < 4.78 is 10.2. The molecule has 0 saturated carbocycles. The summed E-state index contributed by atoms with van der Waals surface area (Å²) in [5, 5.41) is 11.5. The molecule has 0 saturated heterocycles. The lowest BCUT2D eigenvalue weighted by Gasteiger charge is -2.21. The van der Waals surface area contributed by atoms with Crippen molar-refractivity contribution in [3.05, 3.63) is 11.1 Å². The summed E-state index contributed by atoms with van der Waals surface area (Å²) in [6.07, 6.45) is 1.51. The molecule has 0 aliphatic heterocycles. The van der Waals surface area contributed by atoms with Crippen LogP contribution in [0.1, 0.15) is 18.5 Å². The van der Waals surface area contributed by atoms with E-state index < -0.39 is 5.97 Å². The van der Waals surface area contributed by atoms with Crippen molar-refractivity contribution >= 4 is 22.4 Å². The number of hydrogen-bond acceptors (Lipinski definition) is 6. The van der Waals surface area contributed by atoms with Gasteiger partial charge in [0.2, 0.25) is 0 Å². The molecule has 0 spiro atoms. The summed E-state index contributed by atoms with van der Waals surface area (Å²) >= 11 is 1.54. The van der Waals surface area contributed by atoms with Crippen molar-refractivity contribution < 1.29 is 19.4 Å². The highest BCUT2D eigenvalue weighted by molar-refractivity contribution is 7.13. The van der Waals surface area contributed by atoms with Gasteiger partial charge in [-0.15, -0.1) is 11.3 Å². The number of aliphatic carboxylic acids is 1. The predicted octanol–water partition coefficient (Wildman–Crippen LogP) is 1.65. The van der Waals surface area contributed by atoms with Crippen LogP contribution in [0.3, 0.4) is 0 Å². The van der Waals surface area contributed by atoms with E-state index in [4.69, 9.17) is 14.6 Å². The number of carbonyl (C=O) groups is 1. The summed E-state index contributed by atoms with van der Waals surface area (Å²) in [5.41, 5.74) is 0.835. The molecule has 0 aromatic carbocycles. The molecule has 1 N–H and O–H groups in total. The van der Waals surface area contributed by atoms with Crippen LogP contribution in [0.2, 0.25) is 0 Å². The highest BCUT2D eigenvalue weighted by Crippen LogP contribution is 2.21. The van der Waals surface area contributed by atoms with Gasteiger partial charge in [-0.3, -0.25) is 4.79 Å². The zero-order valence-corrected chi connectivity index (χ0v) is 12.8. The molecule has 0 aliphatic carbocycles. The van der Waals surface area contributed by atoms with E-state index in [1.165, 1.54) is 0 Å². The van der Waals surface area contributed by atoms with Gasteiger partial charge in [-0.05, 0) is 6.42 Å². The molecule has 114 valence electrons. The highest BCUT2D eigenvalue weighted by atomic mass is 32.1. The Kier molecular flexibility index (Phi) is 8.17. The minimum atomic E-state index is -0.795. The summed E-state index contributed by atoms with van der Waals surface area (Å²) in [7, 11) is 3.36. The van der Waals surface area contributed by atoms with Crippen LogP contribution >= 0.6 is 11.3 Å². The van der Waals surface area contributed by atoms with Crippen LogP contribution in [-0.2, 0) is 20.7 Å². The summed E-state index contributed by atoms with van der Waals surface area (Å²) in [6, 6.07) is 0. The first-order valence-electron chi connectivity index (χ1n) is 6.56. The van der Waals surface area contributed by atoms with Crippen LogP contribution in [0.15, 0.2) is 5.38 Å². The van der Waals surface area contributed by atoms with Crippen molar-refractivity contribution in [1.82, 2.24) is 4.98 Å². The van der Waals surface area contributed by atoms with Crippen molar-refractivity contribution in [2.45, 2.75) is 19.3 Å². The molecular formula is C13H22N2O4S.